The summed E-state index contributed by atoms with van der Waals surface area (Å²) in [5, 5.41) is 0. The Morgan fingerprint density at radius 1 is 1.32 bits per heavy atom. The van der Waals surface area contributed by atoms with Crippen LogP contribution in [0.4, 0.5) is 8.78 Å². The quantitative estimate of drug-likeness (QED) is 0.631. The van der Waals surface area contributed by atoms with E-state index in [0.29, 0.717) is 12.8 Å². The zero-order valence-electron chi connectivity index (χ0n) is 10.1. The lowest BCUT2D eigenvalue weighted by Gasteiger charge is -2.37. The highest BCUT2D eigenvalue weighted by Gasteiger charge is 2.42. The van der Waals surface area contributed by atoms with E-state index in [9.17, 15) is 22.0 Å². The van der Waals surface area contributed by atoms with Crippen molar-refractivity contribution in [3.8, 4) is 0 Å². The molecule has 1 saturated carbocycles. The average Bonchev–Trinajstić information content (AvgIpc) is 2.22. The molecule has 1 aliphatic rings. The van der Waals surface area contributed by atoms with E-state index >= 15 is 0 Å². The van der Waals surface area contributed by atoms with Crippen molar-refractivity contribution in [1.29, 1.82) is 0 Å². The third kappa shape index (κ3) is 2.19. The van der Waals surface area contributed by atoms with E-state index in [4.69, 9.17) is 0 Å². The normalized spacial score (nSPS) is 17.4. The number of halogens is 2. The average molecular weight is 287 g/mol. The van der Waals surface area contributed by atoms with Crippen molar-refractivity contribution in [2.75, 3.05) is 6.26 Å². The van der Waals surface area contributed by atoms with E-state index < -0.39 is 31.9 Å². The summed E-state index contributed by atoms with van der Waals surface area (Å²) in [6.07, 6.45) is 3.66. The van der Waals surface area contributed by atoms with E-state index in [-0.39, 0.29) is 5.56 Å². The number of carbonyl (C=O) groups excluding carboxylic acids is 1. The van der Waals surface area contributed by atoms with Crippen LogP contribution < -0.4 is 0 Å². The van der Waals surface area contributed by atoms with Crippen molar-refractivity contribution in [2.45, 2.75) is 29.7 Å². The van der Waals surface area contributed by atoms with Crippen molar-refractivity contribution in [3.05, 3.63) is 29.3 Å². The number of rotatable bonds is 3. The van der Waals surface area contributed by atoms with Crippen LogP contribution in [0.2, 0.25) is 0 Å². The van der Waals surface area contributed by atoms with Crippen LogP contribution in [0.1, 0.15) is 24.8 Å². The zero-order chi connectivity index (χ0) is 14.3. The molecular weight excluding hydrogens is 276 g/mol. The molecule has 7 heteroatoms. The van der Waals surface area contributed by atoms with Gasteiger partial charge in [-0.1, -0.05) is 6.07 Å². The molecular formula is C12H11F2NO3S. The first-order valence-corrected chi connectivity index (χ1v) is 7.48. The van der Waals surface area contributed by atoms with Gasteiger partial charge in [-0.3, -0.25) is 0 Å². The molecule has 0 spiro atoms. The van der Waals surface area contributed by atoms with E-state index in [1.54, 1.807) is 0 Å². The molecule has 0 saturated heterocycles. The molecule has 1 aromatic rings. The molecule has 0 N–H and O–H groups in total. The first-order valence-electron chi connectivity index (χ1n) is 5.59. The number of isocyanates is 1. The van der Waals surface area contributed by atoms with Crippen LogP contribution in [0, 0.1) is 11.6 Å². The Hall–Kier alpha value is -1.59. The number of sulfone groups is 1. The van der Waals surface area contributed by atoms with E-state index in [2.05, 4.69) is 4.99 Å². The molecule has 0 unspecified atom stereocenters. The minimum absolute atomic E-state index is 0.0658. The van der Waals surface area contributed by atoms with Crippen LogP contribution >= 0.6 is 0 Å². The van der Waals surface area contributed by atoms with Gasteiger partial charge in [0.1, 0.15) is 22.1 Å². The largest absolute Gasteiger partial charge is 0.235 e. The van der Waals surface area contributed by atoms with Crippen molar-refractivity contribution in [2.24, 2.45) is 4.99 Å². The molecule has 0 bridgehead atoms. The monoisotopic (exact) mass is 287 g/mol. The summed E-state index contributed by atoms with van der Waals surface area (Å²) in [6.45, 7) is 0. The highest BCUT2D eigenvalue weighted by Crippen LogP contribution is 2.46. The molecule has 0 aromatic heterocycles. The summed E-state index contributed by atoms with van der Waals surface area (Å²) in [5.74, 6) is -2.31. The standard InChI is InChI=1S/C12H11F2NO3S/c1-19(17,18)11-9(13)4-3-8(10(11)14)12(15-7-16)5-2-6-12/h3-4H,2,5-6H2,1H3. The highest BCUT2D eigenvalue weighted by molar-refractivity contribution is 7.90. The molecule has 4 nitrogen and oxygen atoms in total. The van der Waals surface area contributed by atoms with Crippen LogP contribution in [-0.4, -0.2) is 20.8 Å². The fourth-order valence-electron chi connectivity index (χ4n) is 2.27. The topological polar surface area (TPSA) is 63.6 Å². The summed E-state index contributed by atoms with van der Waals surface area (Å²) < 4.78 is 50.6. The third-order valence-electron chi connectivity index (χ3n) is 3.36. The van der Waals surface area contributed by atoms with Gasteiger partial charge in [0.25, 0.3) is 0 Å². The molecule has 0 aliphatic heterocycles. The minimum atomic E-state index is -4.04. The molecule has 1 aromatic carbocycles. The van der Waals surface area contributed by atoms with E-state index in [0.717, 1.165) is 24.8 Å². The highest BCUT2D eigenvalue weighted by atomic mass is 32.2. The third-order valence-corrected chi connectivity index (χ3v) is 4.48. The second-order valence-corrected chi connectivity index (χ2v) is 6.55. The lowest BCUT2D eigenvalue weighted by atomic mass is 9.72. The minimum Gasteiger partial charge on any atom is -0.224 e. The van der Waals surface area contributed by atoms with Crippen LogP contribution in [0.15, 0.2) is 22.0 Å². The summed E-state index contributed by atoms with van der Waals surface area (Å²) in [6, 6.07) is 2.02. The molecule has 0 heterocycles. The summed E-state index contributed by atoms with van der Waals surface area (Å²) in [4.78, 5) is 13.0. The number of aliphatic imine (C=N–C) groups is 1. The van der Waals surface area contributed by atoms with Crippen molar-refractivity contribution >= 4 is 15.9 Å². The first kappa shape index (κ1) is 13.8. The zero-order valence-corrected chi connectivity index (χ0v) is 10.9. The SMILES string of the molecule is CS(=O)(=O)c1c(F)ccc(C2(N=C=O)CCC2)c1F. The number of hydrogen-bond donors (Lipinski definition) is 0. The van der Waals surface area contributed by atoms with Gasteiger partial charge in [0.05, 0.1) is 0 Å². The Balaban J connectivity index is 2.71. The Labute approximate surface area is 109 Å². The van der Waals surface area contributed by atoms with Gasteiger partial charge in [-0.2, -0.15) is 4.99 Å². The number of benzene rings is 1. The van der Waals surface area contributed by atoms with Crippen molar-refractivity contribution < 1.29 is 22.0 Å². The maximum atomic E-state index is 14.3. The molecule has 2 rings (SSSR count). The molecule has 0 atom stereocenters. The fourth-order valence-corrected chi connectivity index (χ4v) is 3.13. The number of nitrogens with zero attached hydrogens (tertiary/aromatic N) is 1. The Morgan fingerprint density at radius 3 is 2.37 bits per heavy atom. The van der Waals surface area contributed by atoms with Crippen LogP contribution in [-0.2, 0) is 20.2 Å². The maximum Gasteiger partial charge on any atom is 0.235 e. The predicted molar refractivity (Wildman–Crippen MR) is 63.1 cm³/mol. The first-order chi connectivity index (χ1) is 8.82. The Morgan fingerprint density at radius 2 is 1.95 bits per heavy atom. The summed E-state index contributed by atoms with van der Waals surface area (Å²) >= 11 is 0. The second kappa shape index (κ2) is 4.51. The molecule has 19 heavy (non-hydrogen) atoms. The Bertz CT molecular complexity index is 674. The van der Waals surface area contributed by atoms with Gasteiger partial charge in [0, 0.05) is 11.8 Å². The molecule has 0 amide bonds. The Kier molecular flexibility index (Phi) is 3.28. The van der Waals surface area contributed by atoms with Crippen molar-refractivity contribution in [1.82, 2.24) is 0 Å². The fraction of sp³-hybridized carbons (Fsp3) is 0.417. The lowest BCUT2D eigenvalue weighted by Crippen LogP contribution is -2.33. The van der Waals surface area contributed by atoms with E-state index in [1.165, 1.54) is 6.08 Å². The molecule has 1 fully saturated rings. The van der Waals surface area contributed by atoms with Gasteiger partial charge < -0.3 is 0 Å². The van der Waals surface area contributed by atoms with Gasteiger partial charge in [-0.05, 0) is 25.3 Å². The van der Waals surface area contributed by atoms with Gasteiger partial charge in [0.2, 0.25) is 6.08 Å². The van der Waals surface area contributed by atoms with Gasteiger partial charge in [0.15, 0.2) is 9.84 Å². The van der Waals surface area contributed by atoms with Crippen LogP contribution in [0.25, 0.3) is 0 Å². The van der Waals surface area contributed by atoms with Gasteiger partial charge in [-0.25, -0.2) is 22.0 Å². The smallest absolute Gasteiger partial charge is 0.224 e. The van der Waals surface area contributed by atoms with Gasteiger partial charge in [-0.15, -0.1) is 0 Å². The van der Waals surface area contributed by atoms with Crippen LogP contribution in [0.3, 0.4) is 0 Å². The second-order valence-electron chi connectivity index (χ2n) is 4.60. The lowest BCUT2D eigenvalue weighted by molar-refractivity contribution is 0.245. The van der Waals surface area contributed by atoms with Gasteiger partial charge >= 0.3 is 0 Å². The van der Waals surface area contributed by atoms with E-state index in [1.807, 2.05) is 0 Å². The summed E-state index contributed by atoms with van der Waals surface area (Å²) in [7, 11) is -4.04. The molecule has 0 radical (unpaired) electrons. The van der Waals surface area contributed by atoms with Crippen molar-refractivity contribution in [3.63, 3.8) is 0 Å². The molecule has 1 aliphatic carbocycles. The number of hydrogen-bond acceptors (Lipinski definition) is 4. The maximum absolute atomic E-state index is 14.3. The summed E-state index contributed by atoms with van der Waals surface area (Å²) in [5.41, 5.74) is -1.16. The molecule has 102 valence electrons. The van der Waals surface area contributed by atoms with Crippen LogP contribution in [0.5, 0.6) is 0 Å². The predicted octanol–water partition coefficient (Wildman–Crippen LogP) is 2.08.